The molecule has 0 atom stereocenters. The number of hydrogen-bond acceptors (Lipinski definition) is 4. The van der Waals surface area contributed by atoms with Gasteiger partial charge >= 0.3 is 0 Å². The Morgan fingerprint density at radius 1 is 1.45 bits per heavy atom. The van der Waals surface area contributed by atoms with Gasteiger partial charge in [-0.25, -0.2) is 0 Å². The van der Waals surface area contributed by atoms with E-state index in [0.29, 0.717) is 17.3 Å². The molecular weight excluding hydrogens is 278 g/mol. The van der Waals surface area contributed by atoms with E-state index in [4.69, 9.17) is 21.9 Å². The van der Waals surface area contributed by atoms with Crippen LogP contribution < -0.4 is 11.1 Å². The van der Waals surface area contributed by atoms with Crippen molar-refractivity contribution in [2.45, 2.75) is 19.4 Å². The van der Waals surface area contributed by atoms with Crippen molar-refractivity contribution in [3.05, 3.63) is 41.0 Å². The smallest absolute Gasteiger partial charge is 0.273 e. The van der Waals surface area contributed by atoms with Crippen molar-refractivity contribution in [2.24, 2.45) is 5.73 Å². The Hall–Kier alpha value is -1.85. The molecule has 0 unspecified atom stereocenters. The fraction of sp³-hybridized carbons (Fsp3) is 0.286. The summed E-state index contributed by atoms with van der Waals surface area (Å²) in [6, 6.07) is 8.72. The fourth-order valence-electron chi connectivity index (χ4n) is 1.58. The molecule has 0 aliphatic heterocycles. The zero-order chi connectivity index (χ0) is 14.8. The third-order valence-electron chi connectivity index (χ3n) is 2.81. The number of carbonyl (C=O) groups is 1. The monoisotopic (exact) mass is 293 g/mol. The molecular formula is C14H16ClN3O2. The van der Waals surface area contributed by atoms with Crippen molar-refractivity contribution >= 4 is 17.5 Å². The number of nitrogens with one attached hydrogen (secondary N) is 1. The molecule has 0 aliphatic rings. The zero-order valence-corrected chi connectivity index (χ0v) is 12.1. The molecule has 6 heteroatoms. The van der Waals surface area contributed by atoms with Crippen LogP contribution in [0.25, 0.3) is 11.3 Å². The van der Waals surface area contributed by atoms with Crippen molar-refractivity contribution in [2.75, 3.05) is 6.54 Å². The highest BCUT2D eigenvalue weighted by Crippen LogP contribution is 2.23. The van der Waals surface area contributed by atoms with E-state index in [9.17, 15) is 4.79 Å². The predicted molar refractivity (Wildman–Crippen MR) is 77.5 cm³/mol. The first-order chi connectivity index (χ1) is 9.41. The standard InChI is InChI=1S/C14H16ClN3O2/c1-14(2,8-16)17-13(19)11-7-12(20-18-11)9-4-3-5-10(15)6-9/h3-7H,8,16H2,1-2H3,(H,17,19). The molecule has 0 aliphatic carbocycles. The van der Waals surface area contributed by atoms with Crippen LogP contribution in [0.15, 0.2) is 34.9 Å². The molecule has 1 amide bonds. The molecule has 0 radical (unpaired) electrons. The highest BCUT2D eigenvalue weighted by Gasteiger charge is 2.22. The van der Waals surface area contributed by atoms with Gasteiger partial charge in [-0.3, -0.25) is 4.79 Å². The number of nitrogens with two attached hydrogens (primary N) is 1. The van der Waals surface area contributed by atoms with Gasteiger partial charge in [0.15, 0.2) is 11.5 Å². The van der Waals surface area contributed by atoms with E-state index in [1.165, 1.54) is 0 Å². The summed E-state index contributed by atoms with van der Waals surface area (Å²) in [7, 11) is 0. The molecule has 5 nitrogen and oxygen atoms in total. The van der Waals surface area contributed by atoms with E-state index >= 15 is 0 Å². The van der Waals surface area contributed by atoms with Crippen molar-refractivity contribution in [3.63, 3.8) is 0 Å². The molecule has 0 saturated carbocycles. The first kappa shape index (κ1) is 14.6. The number of amides is 1. The van der Waals surface area contributed by atoms with Gasteiger partial charge in [-0.15, -0.1) is 0 Å². The van der Waals surface area contributed by atoms with Gasteiger partial charge in [-0.05, 0) is 26.0 Å². The SMILES string of the molecule is CC(C)(CN)NC(=O)c1cc(-c2cccc(Cl)c2)on1. The maximum Gasteiger partial charge on any atom is 0.273 e. The van der Waals surface area contributed by atoms with Gasteiger partial charge in [0.05, 0.1) is 0 Å². The largest absolute Gasteiger partial charge is 0.355 e. The van der Waals surface area contributed by atoms with E-state index in [-0.39, 0.29) is 11.6 Å². The van der Waals surface area contributed by atoms with Gasteiger partial charge < -0.3 is 15.6 Å². The van der Waals surface area contributed by atoms with E-state index in [0.717, 1.165) is 5.56 Å². The Bertz CT molecular complexity index is 622. The van der Waals surface area contributed by atoms with Crippen LogP contribution in [0.5, 0.6) is 0 Å². The van der Waals surface area contributed by atoms with E-state index in [1.54, 1.807) is 24.3 Å². The first-order valence-corrected chi connectivity index (χ1v) is 6.54. The van der Waals surface area contributed by atoms with E-state index in [2.05, 4.69) is 10.5 Å². The molecule has 0 spiro atoms. The minimum Gasteiger partial charge on any atom is -0.355 e. The number of halogens is 1. The molecule has 0 bridgehead atoms. The predicted octanol–water partition coefficient (Wildman–Crippen LogP) is 2.46. The molecule has 20 heavy (non-hydrogen) atoms. The quantitative estimate of drug-likeness (QED) is 0.907. The fourth-order valence-corrected chi connectivity index (χ4v) is 1.77. The second-order valence-corrected chi connectivity index (χ2v) is 5.57. The lowest BCUT2D eigenvalue weighted by Gasteiger charge is -2.23. The Labute approximate surface area is 122 Å². The molecule has 3 N–H and O–H groups in total. The average molecular weight is 294 g/mol. The zero-order valence-electron chi connectivity index (χ0n) is 11.3. The van der Waals surface area contributed by atoms with Gasteiger partial charge in [-0.1, -0.05) is 28.9 Å². The lowest BCUT2D eigenvalue weighted by atomic mass is 10.1. The second-order valence-electron chi connectivity index (χ2n) is 5.13. The molecule has 1 aromatic carbocycles. The van der Waals surface area contributed by atoms with Crippen LogP contribution in [-0.4, -0.2) is 23.1 Å². The normalized spacial score (nSPS) is 11.4. The molecule has 2 rings (SSSR count). The summed E-state index contributed by atoms with van der Waals surface area (Å²) in [5.74, 6) is 0.167. The van der Waals surface area contributed by atoms with Crippen LogP contribution in [-0.2, 0) is 0 Å². The Balaban J connectivity index is 2.19. The van der Waals surface area contributed by atoms with Gasteiger partial charge in [-0.2, -0.15) is 0 Å². The summed E-state index contributed by atoms with van der Waals surface area (Å²) in [5, 5.41) is 7.15. The topological polar surface area (TPSA) is 81.1 Å². The number of nitrogens with zero attached hydrogens (tertiary/aromatic N) is 1. The number of carbonyl (C=O) groups excluding carboxylic acids is 1. The van der Waals surface area contributed by atoms with Crippen LogP contribution in [0.3, 0.4) is 0 Å². The van der Waals surface area contributed by atoms with Gasteiger partial charge in [0, 0.05) is 28.7 Å². The Morgan fingerprint density at radius 3 is 2.85 bits per heavy atom. The van der Waals surface area contributed by atoms with E-state index < -0.39 is 5.54 Å². The molecule has 1 heterocycles. The van der Waals surface area contributed by atoms with Gasteiger partial charge in [0.25, 0.3) is 5.91 Å². The molecule has 1 aromatic heterocycles. The first-order valence-electron chi connectivity index (χ1n) is 6.16. The second kappa shape index (κ2) is 5.64. The molecule has 0 fully saturated rings. The summed E-state index contributed by atoms with van der Waals surface area (Å²) in [4.78, 5) is 12.0. The number of benzene rings is 1. The van der Waals surface area contributed by atoms with Crippen LogP contribution in [0.4, 0.5) is 0 Å². The van der Waals surface area contributed by atoms with Gasteiger partial charge in [0.2, 0.25) is 0 Å². The molecule has 106 valence electrons. The summed E-state index contributed by atoms with van der Waals surface area (Å²) < 4.78 is 5.17. The Morgan fingerprint density at radius 2 is 2.20 bits per heavy atom. The summed E-state index contributed by atoms with van der Waals surface area (Å²) in [5.41, 5.74) is 6.05. The molecule has 2 aromatic rings. The minimum absolute atomic E-state index is 0.210. The van der Waals surface area contributed by atoms with Crippen molar-refractivity contribution in [1.82, 2.24) is 10.5 Å². The average Bonchev–Trinajstić information content (AvgIpc) is 2.88. The number of hydrogen-bond donors (Lipinski definition) is 2. The summed E-state index contributed by atoms with van der Waals surface area (Å²) in [6.07, 6.45) is 0. The minimum atomic E-state index is -0.494. The Kier molecular flexibility index (Phi) is 4.11. The van der Waals surface area contributed by atoms with Crippen molar-refractivity contribution < 1.29 is 9.32 Å². The maximum atomic E-state index is 12.0. The number of aromatic nitrogens is 1. The van der Waals surface area contributed by atoms with Crippen molar-refractivity contribution in [1.29, 1.82) is 0 Å². The van der Waals surface area contributed by atoms with Crippen LogP contribution in [0.1, 0.15) is 24.3 Å². The van der Waals surface area contributed by atoms with Crippen LogP contribution >= 0.6 is 11.6 Å². The number of rotatable bonds is 4. The van der Waals surface area contributed by atoms with Crippen LogP contribution in [0, 0.1) is 0 Å². The highest BCUT2D eigenvalue weighted by molar-refractivity contribution is 6.30. The van der Waals surface area contributed by atoms with Crippen LogP contribution in [0.2, 0.25) is 5.02 Å². The lowest BCUT2D eigenvalue weighted by Crippen LogP contribution is -2.48. The highest BCUT2D eigenvalue weighted by atomic mass is 35.5. The maximum absolute atomic E-state index is 12.0. The summed E-state index contributed by atoms with van der Waals surface area (Å²) >= 11 is 5.91. The molecule has 0 saturated heterocycles. The van der Waals surface area contributed by atoms with Crippen molar-refractivity contribution in [3.8, 4) is 11.3 Å². The van der Waals surface area contributed by atoms with Gasteiger partial charge in [0.1, 0.15) is 0 Å². The summed E-state index contributed by atoms with van der Waals surface area (Å²) in [6.45, 7) is 4.00. The van der Waals surface area contributed by atoms with E-state index in [1.807, 2.05) is 19.9 Å². The lowest BCUT2D eigenvalue weighted by molar-refractivity contribution is 0.0906. The third kappa shape index (κ3) is 3.37. The third-order valence-corrected chi connectivity index (χ3v) is 3.05.